The number of hydrogen-bond acceptors (Lipinski definition) is 9. The molecule has 0 radical (unpaired) electrons. The Morgan fingerprint density at radius 2 is 1.70 bits per heavy atom. The first-order valence-electron chi connectivity index (χ1n) is 13.6. The van der Waals surface area contributed by atoms with Gasteiger partial charge in [0.2, 0.25) is 15.9 Å². The number of piperidine rings is 1. The lowest BCUT2D eigenvalue weighted by Crippen LogP contribution is -2.45. The Balaban J connectivity index is 1.29. The number of sulfonamides is 1. The van der Waals surface area contributed by atoms with Gasteiger partial charge in [0.05, 0.1) is 42.5 Å². The monoisotopic (exact) mass is 588 g/mol. The molecule has 216 valence electrons. The van der Waals surface area contributed by atoms with E-state index in [2.05, 4.69) is 4.90 Å². The zero-order valence-corrected chi connectivity index (χ0v) is 24.6. The minimum absolute atomic E-state index is 0.00879. The molecular weight excluding hydrogens is 552 g/mol. The topological polar surface area (TPSA) is 102 Å². The van der Waals surface area contributed by atoms with E-state index < -0.39 is 10.0 Å². The maximum Gasteiger partial charge on any atom is 0.243 e. The van der Waals surface area contributed by atoms with E-state index in [0.29, 0.717) is 43.4 Å². The summed E-state index contributed by atoms with van der Waals surface area (Å²) in [7, 11) is -0.478. The van der Waals surface area contributed by atoms with Crippen LogP contribution in [0.3, 0.4) is 0 Å². The Bertz CT molecular complexity index is 1400. The van der Waals surface area contributed by atoms with Crippen LogP contribution in [0.25, 0.3) is 10.2 Å². The van der Waals surface area contributed by atoms with E-state index in [9.17, 15) is 13.2 Å². The molecule has 0 saturated carbocycles. The van der Waals surface area contributed by atoms with Crippen molar-refractivity contribution in [1.82, 2.24) is 14.2 Å². The normalized spacial score (nSPS) is 17.6. The number of amides is 1. The Hall–Kier alpha value is -2.77. The molecule has 1 amide bonds. The van der Waals surface area contributed by atoms with Crippen molar-refractivity contribution >= 4 is 42.6 Å². The van der Waals surface area contributed by atoms with Crippen LogP contribution < -0.4 is 14.4 Å². The lowest BCUT2D eigenvalue weighted by Gasteiger charge is -2.33. The molecule has 3 heterocycles. The molecule has 0 bridgehead atoms. The molecule has 2 saturated heterocycles. The largest absolute Gasteiger partial charge is 0.497 e. The molecule has 5 rings (SSSR count). The summed E-state index contributed by atoms with van der Waals surface area (Å²) in [4.78, 5) is 23.1. The number of anilines is 1. The number of fused-ring (bicyclic) bond motifs is 1. The number of carbonyl (C=O) groups is 1. The second-order valence-corrected chi connectivity index (χ2v) is 12.9. The van der Waals surface area contributed by atoms with Gasteiger partial charge >= 0.3 is 0 Å². The second-order valence-electron chi connectivity index (χ2n) is 9.98. The van der Waals surface area contributed by atoms with E-state index in [1.165, 1.54) is 15.6 Å². The minimum Gasteiger partial charge on any atom is -0.497 e. The summed E-state index contributed by atoms with van der Waals surface area (Å²) in [6.45, 7) is 5.29. The van der Waals surface area contributed by atoms with Gasteiger partial charge in [-0.15, -0.1) is 0 Å². The Morgan fingerprint density at radius 3 is 2.38 bits per heavy atom. The number of thiazole rings is 1. The molecule has 0 atom stereocenters. The number of aromatic nitrogens is 1. The van der Waals surface area contributed by atoms with Crippen molar-refractivity contribution in [3.8, 4) is 11.5 Å². The van der Waals surface area contributed by atoms with Crippen molar-refractivity contribution in [3.05, 3.63) is 42.5 Å². The van der Waals surface area contributed by atoms with Gasteiger partial charge < -0.3 is 14.2 Å². The first-order valence-corrected chi connectivity index (χ1v) is 15.8. The fraction of sp³-hybridized carbons (Fsp3) is 0.500. The van der Waals surface area contributed by atoms with E-state index in [-0.39, 0.29) is 16.7 Å². The van der Waals surface area contributed by atoms with Crippen LogP contribution in [0.15, 0.2) is 47.4 Å². The van der Waals surface area contributed by atoms with Crippen LogP contribution in [0.4, 0.5) is 5.13 Å². The van der Waals surface area contributed by atoms with Gasteiger partial charge in [0.1, 0.15) is 11.5 Å². The van der Waals surface area contributed by atoms with Crippen LogP contribution in [0.5, 0.6) is 11.5 Å². The van der Waals surface area contributed by atoms with Crippen molar-refractivity contribution in [2.24, 2.45) is 5.92 Å². The predicted molar refractivity (Wildman–Crippen MR) is 155 cm³/mol. The van der Waals surface area contributed by atoms with Crippen molar-refractivity contribution in [2.75, 3.05) is 71.6 Å². The first-order chi connectivity index (χ1) is 19.4. The summed E-state index contributed by atoms with van der Waals surface area (Å²) in [5.74, 6) is 1.06. The molecule has 0 spiro atoms. The fourth-order valence-electron chi connectivity index (χ4n) is 5.18. The Morgan fingerprint density at radius 1 is 1.02 bits per heavy atom. The summed E-state index contributed by atoms with van der Waals surface area (Å²) in [5.41, 5.74) is 0.797. The third-order valence-electron chi connectivity index (χ3n) is 7.54. The Kier molecular flexibility index (Phi) is 9.21. The number of morpholine rings is 1. The van der Waals surface area contributed by atoms with Gasteiger partial charge in [-0.2, -0.15) is 4.31 Å². The average Bonchev–Trinajstić information content (AvgIpc) is 3.42. The number of benzene rings is 2. The molecule has 3 aromatic rings. The van der Waals surface area contributed by atoms with Gasteiger partial charge in [0.25, 0.3) is 0 Å². The first kappa shape index (κ1) is 28.7. The molecule has 2 aliphatic heterocycles. The third kappa shape index (κ3) is 6.41. The smallest absolute Gasteiger partial charge is 0.243 e. The van der Waals surface area contributed by atoms with Gasteiger partial charge in [0, 0.05) is 51.3 Å². The average molecular weight is 589 g/mol. The number of ether oxygens (including phenoxy) is 3. The summed E-state index contributed by atoms with van der Waals surface area (Å²) in [6.07, 6.45) is 1.75. The molecule has 10 nitrogen and oxygen atoms in total. The molecule has 0 N–H and O–H groups in total. The van der Waals surface area contributed by atoms with Gasteiger partial charge in [-0.3, -0.25) is 14.6 Å². The van der Waals surface area contributed by atoms with E-state index in [1.807, 2.05) is 23.1 Å². The molecule has 2 aromatic carbocycles. The third-order valence-corrected chi connectivity index (χ3v) is 10.5. The van der Waals surface area contributed by atoms with Crippen molar-refractivity contribution in [1.29, 1.82) is 0 Å². The van der Waals surface area contributed by atoms with Crippen LogP contribution in [0, 0.1) is 5.92 Å². The quantitative estimate of drug-likeness (QED) is 0.355. The minimum atomic E-state index is -3.64. The van der Waals surface area contributed by atoms with Gasteiger partial charge in [-0.25, -0.2) is 13.4 Å². The van der Waals surface area contributed by atoms with Crippen LogP contribution in [-0.4, -0.2) is 95.2 Å². The van der Waals surface area contributed by atoms with Gasteiger partial charge in [0.15, 0.2) is 5.13 Å². The molecule has 0 unspecified atom stereocenters. The van der Waals surface area contributed by atoms with Crippen LogP contribution >= 0.6 is 11.3 Å². The van der Waals surface area contributed by atoms with Crippen molar-refractivity contribution < 1.29 is 27.4 Å². The summed E-state index contributed by atoms with van der Waals surface area (Å²) < 4.78 is 44.9. The molecular formula is C28H36N4O6S2. The number of hydrogen-bond donors (Lipinski definition) is 0. The molecule has 2 aliphatic rings. The van der Waals surface area contributed by atoms with E-state index in [4.69, 9.17) is 19.2 Å². The van der Waals surface area contributed by atoms with E-state index in [1.54, 1.807) is 38.5 Å². The van der Waals surface area contributed by atoms with Crippen molar-refractivity contribution in [2.45, 2.75) is 24.2 Å². The van der Waals surface area contributed by atoms with Crippen LogP contribution in [0.2, 0.25) is 0 Å². The molecule has 0 aliphatic carbocycles. The maximum absolute atomic E-state index is 13.9. The SMILES string of the molecule is COc1ccc(S(=O)(=O)N2CCC(C(=O)N(CCCN3CCOCC3)c3nc4cc(OC)ccc4s3)CC2)cc1. The van der Waals surface area contributed by atoms with Crippen molar-refractivity contribution in [3.63, 3.8) is 0 Å². The summed E-state index contributed by atoms with van der Waals surface area (Å²) in [6, 6.07) is 12.2. The van der Waals surface area contributed by atoms with E-state index in [0.717, 1.165) is 55.2 Å². The van der Waals surface area contributed by atoms with Crippen LogP contribution in [0.1, 0.15) is 19.3 Å². The maximum atomic E-state index is 13.9. The number of methoxy groups -OCH3 is 2. The molecule has 40 heavy (non-hydrogen) atoms. The highest BCUT2D eigenvalue weighted by Crippen LogP contribution is 2.34. The number of carbonyl (C=O) groups excluding carboxylic acids is 1. The number of rotatable bonds is 10. The molecule has 1 aromatic heterocycles. The van der Waals surface area contributed by atoms with E-state index >= 15 is 0 Å². The highest BCUT2D eigenvalue weighted by Gasteiger charge is 2.35. The highest BCUT2D eigenvalue weighted by molar-refractivity contribution is 7.89. The lowest BCUT2D eigenvalue weighted by molar-refractivity contribution is -0.123. The van der Waals surface area contributed by atoms with Gasteiger partial charge in [-0.1, -0.05) is 11.3 Å². The standard InChI is InChI=1S/C28H36N4O6S2/c1-36-22-4-7-24(8-5-22)40(34,35)31-14-10-21(11-15-31)27(33)32(13-3-12-30-16-18-38-19-17-30)28-29-25-20-23(37-2)6-9-26(25)39-28/h4-9,20-21H,3,10-19H2,1-2H3. The summed E-state index contributed by atoms with van der Waals surface area (Å²) >= 11 is 1.50. The fourth-order valence-corrected chi connectivity index (χ4v) is 7.62. The van der Waals surface area contributed by atoms with Crippen LogP contribution in [-0.2, 0) is 19.6 Å². The predicted octanol–water partition coefficient (Wildman–Crippen LogP) is 3.47. The zero-order valence-electron chi connectivity index (χ0n) is 23.0. The van der Waals surface area contributed by atoms with Gasteiger partial charge in [-0.05, 0) is 55.7 Å². The zero-order chi connectivity index (χ0) is 28.1. The summed E-state index contributed by atoms with van der Waals surface area (Å²) in [5, 5.41) is 0.670. The molecule has 2 fully saturated rings. The molecule has 12 heteroatoms. The Labute approximate surface area is 239 Å². The second kappa shape index (κ2) is 12.8. The number of nitrogens with zero attached hydrogens (tertiary/aromatic N) is 4. The lowest BCUT2D eigenvalue weighted by atomic mass is 9.96. The highest BCUT2D eigenvalue weighted by atomic mass is 32.2.